The summed E-state index contributed by atoms with van der Waals surface area (Å²) >= 11 is 5.99. The minimum Gasteiger partial charge on any atom is -0.425 e. The number of esters is 1. The summed E-state index contributed by atoms with van der Waals surface area (Å²) in [6, 6.07) is 7.00. The van der Waals surface area contributed by atoms with Gasteiger partial charge in [0.05, 0.1) is 10.9 Å². The fourth-order valence-corrected chi connectivity index (χ4v) is 2.71. The Kier molecular flexibility index (Phi) is 7.48. The molecule has 1 fully saturated rings. The van der Waals surface area contributed by atoms with Crippen LogP contribution in [-0.4, -0.2) is 18.5 Å². The molecule has 1 aromatic carbocycles. The smallest absolute Gasteiger partial charge is 0.314 e. The van der Waals surface area contributed by atoms with Gasteiger partial charge in [0.2, 0.25) is 0 Å². The van der Waals surface area contributed by atoms with Gasteiger partial charge < -0.3 is 16.2 Å². The summed E-state index contributed by atoms with van der Waals surface area (Å²) in [5.74, 6) is 0.707. The summed E-state index contributed by atoms with van der Waals surface area (Å²) in [5, 5.41) is 0.451. The predicted octanol–water partition coefficient (Wildman–Crippen LogP) is 2.75. The molecule has 0 spiro atoms. The van der Waals surface area contributed by atoms with Crippen LogP contribution in [0.15, 0.2) is 29.3 Å². The van der Waals surface area contributed by atoms with E-state index < -0.39 is 0 Å². The molecular weight excluding hydrogens is 325 g/mol. The monoisotopic (exact) mass is 345 g/mol. The van der Waals surface area contributed by atoms with Crippen LogP contribution in [0.3, 0.4) is 0 Å². The van der Waals surface area contributed by atoms with Crippen molar-refractivity contribution in [2.45, 2.75) is 25.7 Å². The standard InChI is InChI=1S/C15H20ClN3O2.ClH/c16-12-3-1-2-4-13(12)21-14(20)11-7-5-10(6-8-11)9-19-15(17)18;/h1-4,10-11H,5-9H2,(H4,17,18,19);1H. The van der Waals surface area contributed by atoms with Crippen LogP contribution in [0, 0.1) is 11.8 Å². The van der Waals surface area contributed by atoms with Crippen molar-refractivity contribution >= 4 is 35.9 Å². The zero-order chi connectivity index (χ0) is 15.2. The van der Waals surface area contributed by atoms with Gasteiger partial charge in [-0.1, -0.05) is 23.7 Å². The van der Waals surface area contributed by atoms with Crippen molar-refractivity contribution in [1.82, 2.24) is 0 Å². The Morgan fingerprint density at radius 1 is 1.23 bits per heavy atom. The first-order valence-corrected chi connectivity index (χ1v) is 7.45. The van der Waals surface area contributed by atoms with Crippen LogP contribution in [0.1, 0.15) is 25.7 Å². The molecule has 1 aliphatic rings. The number of hydrogen-bond donors (Lipinski definition) is 2. The van der Waals surface area contributed by atoms with Gasteiger partial charge in [0.15, 0.2) is 5.96 Å². The lowest BCUT2D eigenvalue weighted by Gasteiger charge is -2.26. The van der Waals surface area contributed by atoms with Gasteiger partial charge in [0, 0.05) is 6.54 Å². The highest BCUT2D eigenvalue weighted by Gasteiger charge is 2.27. The van der Waals surface area contributed by atoms with E-state index in [1.54, 1.807) is 24.3 Å². The van der Waals surface area contributed by atoms with Crippen LogP contribution in [0.5, 0.6) is 5.75 Å². The second kappa shape index (κ2) is 8.86. The van der Waals surface area contributed by atoms with Crippen LogP contribution >= 0.6 is 24.0 Å². The number of nitrogens with zero attached hydrogens (tertiary/aromatic N) is 1. The van der Waals surface area contributed by atoms with Crippen molar-refractivity contribution < 1.29 is 9.53 Å². The number of guanidine groups is 1. The van der Waals surface area contributed by atoms with E-state index in [0.717, 1.165) is 25.7 Å². The number of hydrogen-bond acceptors (Lipinski definition) is 3. The van der Waals surface area contributed by atoms with Crippen molar-refractivity contribution in [3.8, 4) is 5.75 Å². The number of aliphatic imine (C=N–C) groups is 1. The maximum atomic E-state index is 12.1. The molecule has 122 valence electrons. The number of para-hydroxylation sites is 1. The summed E-state index contributed by atoms with van der Waals surface area (Å²) in [5.41, 5.74) is 10.7. The zero-order valence-electron chi connectivity index (χ0n) is 12.2. The summed E-state index contributed by atoms with van der Waals surface area (Å²) in [6.45, 7) is 0.634. The van der Waals surface area contributed by atoms with Gasteiger partial charge in [-0.2, -0.15) is 0 Å². The van der Waals surface area contributed by atoms with Crippen LogP contribution in [-0.2, 0) is 4.79 Å². The molecule has 0 amide bonds. The molecule has 0 aliphatic heterocycles. The Bertz CT molecular complexity index is 525. The first-order chi connectivity index (χ1) is 10.1. The molecule has 5 nitrogen and oxygen atoms in total. The summed E-state index contributed by atoms with van der Waals surface area (Å²) in [7, 11) is 0. The molecule has 0 radical (unpaired) electrons. The Labute approximate surface area is 141 Å². The van der Waals surface area contributed by atoms with Crippen LogP contribution in [0.2, 0.25) is 5.02 Å². The largest absolute Gasteiger partial charge is 0.425 e. The number of rotatable bonds is 4. The van der Waals surface area contributed by atoms with E-state index >= 15 is 0 Å². The van der Waals surface area contributed by atoms with Gasteiger partial charge >= 0.3 is 5.97 Å². The molecule has 1 aliphatic carbocycles. The topological polar surface area (TPSA) is 90.7 Å². The lowest BCUT2D eigenvalue weighted by Crippen LogP contribution is -2.28. The normalized spacial score (nSPS) is 20.6. The maximum Gasteiger partial charge on any atom is 0.314 e. The van der Waals surface area contributed by atoms with Crippen LogP contribution < -0.4 is 16.2 Å². The van der Waals surface area contributed by atoms with Crippen molar-refractivity contribution in [3.63, 3.8) is 0 Å². The molecule has 0 unspecified atom stereocenters. The SMILES string of the molecule is Cl.NC(N)=NCC1CCC(C(=O)Oc2ccccc2Cl)CC1. The third kappa shape index (κ3) is 5.39. The highest BCUT2D eigenvalue weighted by molar-refractivity contribution is 6.32. The summed E-state index contributed by atoms with van der Waals surface area (Å²) < 4.78 is 5.38. The van der Waals surface area contributed by atoms with E-state index in [1.807, 2.05) is 0 Å². The first-order valence-electron chi connectivity index (χ1n) is 7.08. The van der Waals surface area contributed by atoms with E-state index in [1.165, 1.54) is 0 Å². The van der Waals surface area contributed by atoms with Crippen molar-refractivity contribution in [3.05, 3.63) is 29.3 Å². The second-order valence-electron chi connectivity index (χ2n) is 5.33. The highest BCUT2D eigenvalue weighted by Crippen LogP contribution is 2.31. The lowest BCUT2D eigenvalue weighted by molar-refractivity contribution is -0.140. The summed E-state index contributed by atoms with van der Waals surface area (Å²) in [4.78, 5) is 16.2. The maximum absolute atomic E-state index is 12.1. The van der Waals surface area contributed by atoms with E-state index in [9.17, 15) is 4.79 Å². The molecule has 0 heterocycles. The Morgan fingerprint density at radius 2 is 1.86 bits per heavy atom. The second-order valence-corrected chi connectivity index (χ2v) is 5.74. The fourth-order valence-electron chi connectivity index (χ4n) is 2.53. The average Bonchev–Trinajstić information content (AvgIpc) is 2.48. The Hall–Kier alpha value is -1.46. The third-order valence-electron chi connectivity index (χ3n) is 3.76. The highest BCUT2D eigenvalue weighted by atomic mass is 35.5. The number of carbonyl (C=O) groups is 1. The van der Waals surface area contributed by atoms with E-state index in [2.05, 4.69) is 4.99 Å². The zero-order valence-corrected chi connectivity index (χ0v) is 13.8. The van der Waals surface area contributed by atoms with E-state index in [0.29, 0.717) is 23.2 Å². The summed E-state index contributed by atoms with van der Waals surface area (Å²) in [6.07, 6.45) is 3.46. The minimum absolute atomic E-state index is 0. The lowest BCUT2D eigenvalue weighted by atomic mass is 9.82. The predicted molar refractivity (Wildman–Crippen MR) is 90.5 cm³/mol. The molecular formula is C15H21Cl2N3O2. The van der Waals surface area contributed by atoms with Gasteiger partial charge in [-0.05, 0) is 43.7 Å². The molecule has 22 heavy (non-hydrogen) atoms. The van der Waals surface area contributed by atoms with Crippen LogP contribution in [0.25, 0.3) is 0 Å². The molecule has 0 bridgehead atoms. The van der Waals surface area contributed by atoms with Gasteiger partial charge in [0.1, 0.15) is 5.75 Å². The number of halogens is 2. The molecule has 4 N–H and O–H groups in total. The molecule has 7 heteroatoms. The minimum atomic E-state index is -0.205. The first kappa shape index (κ1) is 18.6. The molecule has 1 saturated carbocycles. The quantitative estimate of drug-likeness (QED) is 0.380. The Balaban J connectivity index is 0.00000242. The molecule has 0 aromatic heterocycles. The van der Waals surface area contributed by atoms with Crippen molar-refractivity contribution in [1.29, 1.82) is 0 Å². The fraction of sp³-hybridized carbons (Fsp3) is 0.467. The van der Waals surface area contributed by atoms with E-state index in [-0.39, 0.29) is 30.3 Å². The molecule has 0 atom stereocenters. The third-order valence-corrected chi connectivity index (χ3v) is 4.07. The van der Waals surface area contributed by atoms with E-state index in [4.69, 9.17) is 27.8 Å². The number of carbonyl (C=O) groups excluding carboxylic acids is 1. The molecule has 1 aromatic rings. The average molecular weight is 346 g/mol. The Morgan fingerprint density at radius 3 is 2.45 bits per heavy atom. The van der Waals surface area contributed by atoms with Gasteiger partial charge in [-0.3, -0.25) is 9.79 Å². The van der Waals surface area contributed by atoms with Gasteiger partial charge in [-0.25, -0.2) is 0 Å². The van der Waals surface area contributed by atoms with Gasteiger partial charge in [0.25, 0.3) is 0 Å². The van der Waals surface area contributed by atoms with Gasteiger partial charge in [-0.15, -0.1) is 12.4 Å². The number of ether oxygens (including phenoxy) is 1. The number of benzene rings is 1. The number of nitrogens with two attached hydrogens (primary N) is 2. The molecule has 0 saturated heterocycles. The van der Waals surface area contributed by atoms with Crippen LogP contribution in [0.4, 0.5) is 0 Å². The van der Waals surface area contributed by atoms with Crippen molar-refractivity contribution in [2.75, 3.05) is 6.54 Å². The molecule has 2 rings (SSSR count). The van der Waals surface area contributed by atoms with Crippen molar-refractivity contribution in [2.24, 2.45) is 28.3 Å².